The van der Waals surface area contributed by atoms with E-state index < -0.39 is 6.43 Å². The third-order valence-electron chi connectivity index (χ3n) is 1.92. The third kappa shape index (κ3) is 2.09. The standard InChI is InChI=1S/C9H12F2S/c1-6-3-4-8(12-2)7(5-6)9(10)11/h3-4,6,9H,5H2,1-2H3. The Balaban J connectivity index is 2.86. The van der Waals surface area contributed by atoms with Crippen molar-refractivity contribution in [3.8, 4) is 0 Å². The lowest BCUT2D eigenvalue weighted by Crippen LogP contribution is -2.07. The quantitative estimate of drug-likeness (QED) is 0.642. The Morgan fingerprint density at radius 3 is 2.75 bits per heavy atom. The molecule has 1 rings (SSSR count). The largest absolute Gasteiger partial charge is 0.261 e. The fraction of sp³-hybridized carbons (Fsp3) is 0.556. The van der Waals surface area contributed by atoms with Crippen molar-refractivity contribution < 1.29 is 8.78 Å². The molecule has 0 aromatic rings. The molecule has 0 saturated heterocycles. The maximum absolute atomic E-state index is 12.4. The fourth-order valence-corrected chi connectivity index (χ4v) is 1.92. The summed E-state index contributed by atoms with van der Waals surface area (Å²) >= 11 is 1.40. The molecule has 0 aliphatic heterocycles. The van der Waals surface area contributed by atoms with Gasteiger partial charge in [0.1, 0.15) is 0 Å². The van der Waals surface area contributed by atoms with Crippen molar-refractivity contribution >= 4 is 11.8 Å². The highest BCUT2D eigenvalue weighted by atomic mass is 32.2. The van der Waals surface area contributed by atoms with Crippen molar-refractivity contribution in [3.05, 3.63) is 22.6 Å². The second kappa shape index (κ2) is 4.08. The van der Waals surface area contributed by atoms with E-state index in [0.717, 1.165) is 4.91 Å². The zero-order valence-corrected chi connectivity index (χ0v) is 8.00. The van der Waals surface area contributed by atoms with Crippen LogP contribution in [0, 0.1) is 5.92 Å². The lowest BCUT2D eigenvalue weighted by Gasteiger charge is -2.17. The van der Waals surface area contributed by atoms with E-state index >= 15 is 0 Å². The summed E-state index contributed by atoms with van der Waals surface area (Å²) in [6, 6.07) is 0. The Kier molecular flexibility index (Phi) is 3.32. The summed E-state index contributed by atoms with van der Waals surface area (Å²) in [5, 5.41) is 0. The molecule has 0 heterocycles. The first-order chi connectivity index (χ1) is 5.65. The second-order valence-electron chi connectivity index (χ2n) is 2.93. The number of halogens is 2. The van der Waals surface area contributed by atoms with Gasteiger partial charge in [0.25, 0.3) is 6.43 Å². The van der Waals surface area contributed by atoms with Gasteiger partial charge in [-0.25, -0.2) is 8.78 Å². The van der Waals surface area contributed by atoms with E-state index in [-0.39, 0.29) is 5.92 Å². The van der Waals surface area contributed by atoms with Crippen LogP contribution in [0.2, 0.25) is 0 Å². The van der Waals surface area contributed by atoms with Crippen LogP contribution in [0.1, 0.15) is 13.3 Å². The SMILES string of the molecule is CSC1=C(C(F)F)CC(C)C=C1. The average Bonchev–Trinajstić information content (AvgIpc) is 2.04. The molecule has 0 N–H and O–H groups in total. The highest BCUT2D eigenvalue weighted by molar-refractivity contribution is 8.02. The molecule has 0 bridgehead atoms. The van der Waals surface area contributed by atoms with Gasteiger partial charge in [-0.15, -0.1) is 11.8 Å². The second-order valence-corrected chi connectivity index (χ2v) is 3.78. The summed E-state index contributed by atoms with van der Waals surface area (Å²) in [5.74, 6) is 0.255. The zero-order chi connectivity index (χ0) is 9.14. The topological polar surface area (TPSA) is 0 Å². The Morgan fingerprint density at radius 1 is 1.58 bits per heavy atom. The van der Waals surface area contributed by atoms with Gasteiger partial charge in [0.05, 0.1) is 0 Å². The van der Waals surface area contributed by atoms with Crippen molar-refractivity contribution in [3.63, 3.8) is 0 Å². The third-order valence-corrected chi connectivity index (χ3v) is 2.76. The average molecular weight is 190 g/mol. The highest BCUT2D eigenvalue weighted by Crippen LogP contribution is 2.32. The number of hydrogen-bond donors (Lipinski definition) is 0. The minimum atomic E-state index is -2.29. The molecule has 1 unspecified atom stereocenters. The predicted molar refractivity (Wildman–Crippen MR) is 49.5 cm³/mol. The minimum absolute atomic E-state index is 0.255. The van der Waals surface area contributed by atoms with Gasteiger partial charge in [-0.3, -0.25) is 0 Å². The van der Waals surface area contributed by atoms with Gasteiger partial charge in [-0.2, -0.15) is 0 Å². The first kappa shape index (κ1) is 9.78. The van der Waals surface area contributed by atoms with E-state index in [1.165, 1.54) is 11.8 Å². The molecular weight excluding hydrogens is 178 g/mol. The van der Waals surface area contributed by atoms with Crippen LogP contribution in [0.15, 0.2) is 22.6 Å². The maximum atomic E-state index is 12.4. The molecule has 0 nitrogen and oxygen atoms in total. The van der Waals surface area contributed by atoms with E-state index in [9.17, 15) is 8.78 Å². The Labute approximate surface area is 75.7 Å². The Morgan fingerprint density at radius 2 is 2.25 bits per heavy atom. The van der Waals surface area contributed by atoms with Crippen LogP contribution in [-0.2, 0) is 0 Å². The minimum Gasteiger partial charge on any atom is -0.205 e. The van der Waals surface area contributed by atoms with Crippen LogP contribution < -0.4 is 0 Å². The van der Waals surface area contributed by atoms with Crippen LogP contribution in [0.3, 0.4) is 0 Å². The molecule has 12 heavy (non-hydrogen) atoms. The Bertz CT molecular complexity index is 219. The van der Waals surface area contributed by atoms with Gasteiger partial charge in [-0.1, -0.05) is 19.1 Å². The molecule has 0 aromatic heterocycles. The fourth-order valence-electron chi connectivity index (χ4n) is 1.27. The van der Waals surface area contributed by atoms with Gasteiger partial charge in [0.2, 0.25) is 0 Å². The molecule has 0 spiro atoms. The molecule has 0 radical (unpaired) electrons. The van der Waals surface area contributed by atoms with E-state index in [4.69, 9.17) is 0 Å². The molecule has 1 atom stereocenters. The summed E-state index contributed by atoms with van der Waals surface area (Å²) < 4.78 is 24.9. The van der Waals surface area contributed by atoms with E-state index in [2.05, 4.69) is 0 Å². The molecule has 0 amide bonds. The molecule has 3 heteroatoms. The number of hydrogen-bond acceptors (Lipinski definition) is 1. The summed E-state index contributed by atoms with van der Waals surface area (Å²) in [6.45, 7) is 1.95. The van der Waals surface area contributed by atoms with Gasteiger partial charge in [-0.05, 0) is 18.6 Å². The summed E-state index contributed by atoms with van der Waals surface area (Å²) in [4.78, 5) is 0.739. The van der Waals surface area contributed by atoms with Crippen LogP contribution in [0.4, 0.5) is 8.78 Å². The lowest BCUT2D eigenvalue weighted by molar-refractivity contribution is 0.182. The van der Waals surface area contributed by atoms with Crippen LogP contribution in [0.5, 0.6) is 0 Å². The number of rotatable bonds is 2. The van der Waals surface area contributed by atoms with E-state index in [1.807, 2.05) is 19.3 Å². The molecule has 1 aliphatic carbocycles. The molecule has 0 aromatic carbocycles. The molecule has 68 valence electrons. The van der Waals surface area contributed by atoms with Crippen LogP contribution in [-0.4, -0.2) is 12.7 Å². The molecule has 1 aliphatic rings. The van der Waals surface area contributed by atoms with Crippen LogP contribution >= 0.6 is 11.8 Å². The maximum Gasteiger partial charge on any atom is 0.261 e. The molecular formula is C9H12F2S. The first-order valence-electron chi connectivity index (χ1n) is 3.88. The van der Waals surface area contributed by atoms with Gasteiger partial charge >= 0.3 is 0 Å². The lowest BCUT2D eigenvalue weighted by atomic mass is 9.96. The first-order valence-corrected chi connectivity index (χ1v) is 5.11. The predicted octanol–water partition coefficient (Wildman–Crippen LogP) is 3.46. The number of alkyl halides is 2. The van der Waals surface area contributed by atoms with E-state index in [0.29, 0.717) is 12.0 Å². The number of allylic oxidation sites excluding steroid dienone is 3. The molecule has 0 fully saturated rings. The van der Waals surface area contributed by atoms with Crippen molar-refractivity contribution in [1.82, 2.24) is 0 Å². The smallest absolute Gasteiger partial charge is 0.205 e. The molecule has 0 saturated carbocycles. The van der Waals surface area contributed by atoms with Crippen molar-refractivity contribution in [2.75, 3.05) is 6.26 Å². The summed E-state index contributed by atoms with van der Waals surface area (Å²) in [6.07, 6.45) is 3.83. The highest BCUT2D eigenvalue weighted by Gasteiger charge is 2.20. The van der Waals surface area contributed by atoms with Gasteiger partial charge in [0, 0.05) is 10.5 Å². The Hall–Kier alpha value is -0.310. The van der Waals surface area contributed by atoms with Crippen molar-refractivity contribution in [2.24, 2.45) is 5.92 Å². The number of thioether (sulfide) groups is 1. The monoisotopic (exact) mass is 190 g/mol. The summed E-state index contributed by atoms with van der Waals surface area (Å²) in [7, 11) is 0. The van der Waals surface area contributed by atoms with Crippen LogP contribution in [0.25, 0.3) is 0 Å². The van der Waals surface area contributed by atoms with Crippen molar-refractivity contribution in [1.29, 1.82) is 0 Å². The van der Waals surface area contributed by atoms with E-state index in [1.54, 1.807) is 6.08 Å². The van der Waals surface area contributed by atoms with Gasteiger partial charge in [0.15, 0.2) is 0 Å². The summed E-state index contributed by atoms with van der Waals surface area (Å²) in [5.41, 5.74) is 0.303. The van der Waals surface area contributed by atoms with Gasteiger partial charge < -0.3 is 0 Å². The zero-order valence-electron chi connectivity index (χ0n) is 7.18. The van der Waals surface area contributed by atoms with Crippen molar-refractivity contribution in [2.45, 2.75) is 19.8 Å². The normalized spacial score (nSPS) is 23.9.